The monoisotopic (exact) mass is 349 g/mol. The summed E-state index contributed by atoms with van der Waals surface area (Å²) in [4.78, 5) is 26.3. The number of thiophene rings is 1. The van der Waals surface area contributed by atoms with Crippen LogP contribution < -0.4 is 5.32 Å². The molecule has 1 amide bonds. The van der Waals surface area contributed by atoms with Crippen LogP contribution in [0, 0.1) is 11.8 Å². The quantitative estimate of drug-likeness (QED) is 0.792. The molecule has 5 heteroatoms. The minimum atomic E-state index is -0.285. The van der Waals surface area contributed by atoms with Crippen LogP contribution in [0.4, 0.5) is 5.00 Å². The number of fused-ring (bicyclic) bond motifs is 1. The van der Waals surface area contributed by atoms with Crippen LogP contribution >= 0.6 is 11.3 Å². The van der Waals surface area contributed by atoms with Gasteiger partial charge in [0.15, 0.2) is 0 Å². The molecule has 24 heavy (non-hydrogen) atoms. The Kier molecular flexibility index (Phi) is 5.59. The van der Waals surface area contributed by atoms with Gasteiger partial charge < -0.3 is 10.1 Å². The Balaban J connectivity index is 1.87. The highest BCUT2D eigenvalue weighted by Crippen LogP contribution is 2.41. The van der Waals surface area contributed by atoms with Gasteiger partial charge in [-0.15, -0.1) is 11.3 Å². The SMILES string of the molecule is CCOC(=O)c1c(NC(=O)C2CCCC2)sc2c1CCC(CC)C2. The standard InChI is InChI=1S/C19H27NO3S/c1-3-12-9-10-14-15(11-12)24-18(16(14)19(22)23-4-2)20-17(21)13-7-5-6-8-13/h12-13H,3-11H2,1-2H3,(H,20,21). The third kappa shape index (κ3) is 3.51. The highest BCUT2D eigenvalue weighted by atomic mass is 32.1. The van der Waals surface area contributed by atoms with Gasteiger partial charge in [0.25, 0.3) is 0 Å². The van der Waals surface area contributed by atoms with Gasteiger partial charge in [0.1, 0.15) is 5.00 Å². The average molecular weight is 349 g/mol. The molecule has 0 spiro atoms. The summed E-state index contributed by atoms with van der Waals surface area (Å²) in [5, 5.41) is 3.78. The van der Waals surface area contributed by atoms with E-state index in [1.54, 1.807) is 11.3 Å². The van der Waals surface area contributed by atoms with E-state index >= 15 is 0 Å². The van der Waals surface area contributed by atoms with Crippen molar-refractivity contribution in [1.29, 1.82) is 0 Å². The molecular formula is C19H27NO3S. The summed E-state index contributed by atoms with van der Waals surface area (Å²) in [5.74, 6) is 0.572. The summed E-state index contributed by atoms with van der Waals surface area (Å²) in [7, 11) is 0. The number of ether oxygens (including phenoxy) is 1. The van der Waals surface area contributed by atoms with Gasteiger partial charge in [-0.05, 0) is 50.5 Å². The second-order valence-corrected chi connectivity index (χ2v) is 8.02. The van der Waals surface area contributed by atoms with Crippen molar-refractivity contribution in [3.05, 3.63) is 16.0 Å². The van der Waals surface area contributed by atoms with Crippen LogP contribution in [0.1, 0.15) is 73.2 Å². The van der Waals surface area contributed by atoms with E-state index in [1.807, 2.05) is 6.92 Å². The Morgan fingerprint density at radius 2 is 1.96 bits per heavy atom. The maximum atomic E-state index is 12.5. The van der Waals surface area contributed by atoms with E-state index in [9.17, 15) is 9.59 Å². The first-order valence-corrected chi connectivity index (χ1v) is 10.1. The number of anilines is 1. The van der Waals surface area contributed by atoms with Crippen molar-refractivity contribution in [3.63, 3.8) is 0 Å². The fourth-order valence-electron chi connectivity index (χ4n) is 3.91. The predicted molar refractivity (Wildman–Crippen MR) is 96.7 cm³/mol. The minimum Gasteiger partial charge on any atom is -0.462 e. The van der Waals surface area contributed by atoms with Crippen molar-refractivity contribution in [1.82, 2.24) is 0 Å². The van der Waals surface area contributed by atoms with E-state index in [-0.39, 0.29) is 17.8 Å². The molecule has 4 nitrogen and oxygen atoms in total. The smallest absolute Gasteiger partial charge is 0.341 e. The van der Waals surface area contributed by atoms with Gasteiger partial charge >= 0.3 is 5.97 Å². The maximum absolute atomic E-state index is 12.5. The molecule has 0 aromatic carbocycles. The molecule has 0 radical (unpaired) electrons. The molecule has 2 aliphatic rings. The fourth-order valence-corrected chi connectivity index (χ4v) is 5.26. The lowest BCUT2D eigenvalue weighted by molar-refractivity contribution is -0.119. The largest absolute Gasteiger partial charge is 0.462 e. The molecule has 1 atom stereocenters. The third-order valence-electron chi connectivity index (χ3n) is 5.39. The van der Waals surface area contributed by atoms with Crippen molar-refractivity contribution >= 4 is 28.2 Å². The van der Waals surface area contributed by atoms with Crippen molar-refractivity contribution in [2.75, 3.05) is 11.9 Å². The van der Waals surface area contributed by atoms with Gasteiger partial charge in [0, 0.05) is 10.8 Å². The van der Waals surface area contributed by atoms with Crippen LogP contribution in [-0.2, 0) is 22.4 Å². The van der Waals surface area contributed by atoms with Gasteiger partial charge in [0.2, 0.25) is 5.91 Å². The number of rotatable bonds is 5. The van der Waals surface area contributed by atoms with Crippen molar-refractivity contribution in [2.24, 2.45) is 11.8 Å². The van der Waals surface area contributed by atoms with Crippen LogP contribution in [0.2, 0.25) is 0 Å². The molecule has 1 fully saturated rings. The molecule has 1 heterocycles. The lowest BCUT2D eigenvalue weighted by Crippen LogP contribution is -2.21. The lowest BCUT2D eigenvalue weighted by Gasteiger charge is -2.21. The van der Waals surface area contributed by atoms with Gasteiger partial charge in [-0.2, -0.15) is 0 Å². The second kappa shape index (κ2) is 7.68. The summed E-state index contributed by atoms with van der Waals surface area (Å²) in [5.41, 5.74) is 1.74. The van der Waals surface area contributed by atoms with Crippen molar-refractivity contribution < 1.29 is 14.3 Å². The first kappa shape index (κ1) is 17.5. The third-order valence-corrected chi connectivity index (χ3v) is 6.56. The fraction of sp³-hybridized carbons (Fsp3) is 0.684. The molecule has 0 aliphatic heterocycles. The van der Waals surface area contributed by atoms with Gasteiger partial charge in [0.05, 0.1) is 12.2 Å². The molecule has 2 aliphatic carbocycles. The molecule has 1 N–H and O–H groups in total. The van der Waals surface area contributed by atoms with Crippen LogP contribution in [0.25, 0.3) is 0 Å². The summed E-state index contributed by atoms with van der Waals surface area (Å²) in [6, 6.07) is 0. The zero-order valence-electron chi connectivity index (χ0n) is 14.7. The molecule has 0 bridgehead atoms. The van der Waals surface area contributed by atoms with Crippen molar-refractivity contribution in [2.45, 2.75) is 65.2 Å². The molecule has 1 saturated carbocycles. The van der Waals surface area contributed by atoms with Crippen LogP contribution in [0.15, 0.2) is 0 Å². The summed E-state index contributed by atoms with van der Waals surface area (Å²) in [6.07, 6.45) is 8.38. The van der Waals surface area contributed by atoms with E-state index in [0.717, 1.165) is 56.9 Å². The van der Waals surface area contributed by atoms with Gasteiger partial charge in [-0.25, -0.2) is 4.79 Å². The molecule has 132 valence electrons. The summed E-state index contributed by atoms with van der Waals surface area (Å²) >= 11 is 1.59. The Hall–Kier alpha value is -1.36. The second-order valence-electron chi connectivity index (χ2n) is 6.92. The number of hydrogen-bond donors (Lipinski definition) is 1. The average Bonchev–Trinajstić information content (AvgIpc) is 3.21. The number of carbonyl (C=O) groups is 2. The molecule has 0 saturated heterocycles. The number of carbonyl (C=O) groups excluding carboxylic acids is 2. The van der Waals surface area contributed by atoms with E-state index in [0.29, 0.717) is 23.1 Å². The van der Waals surface area contributed by atoms with Crippen molar-refractivity contribution in [3.8, 4) is 0 Å². The number of nitrogens with one attached hydrogen (secondary N) is 1. The minimum absolute atomic E-state index is 0.0729. The van der Waals surface area contributed by atoms with Crippen LogP contribution in [-0.4, -0.2) is 18.5 Å². The summed E-state index contributed by atoms with van der Waals surface area (Å²) in [6.45, 7) is 4.40. The number of esters is 1. The molecule has 3 rings (SSSR count). The zero-order chi connectivity index (χ0) is 17.1. The predicted octanol–water partition coefficient (Wildman–Crippen LogP) is 4.57. The van der Waals surface area contributed by atoms with E-state index in [4.69, 9.17) is 4.74 Å². The Labute approximate surface area is 148 Å². The molecular weight excluding hydrogens is 322 g/mol. The Bertz CT molecular complexity index is 616. The van der Waals surface area contributed by atoms with Gasteiger partial charge in [-0.3, -0.25) is 4.79 Å². The first-order valence-electron chi connectivity index (χ1n) is 9.26. The molecule has 1 aromatic heterocycles. The first-order chi connectivity index (χ1) is 11.6. The zero-order valence-corrected chi connectivity index (χ0v) is 15.5. The number of amides is 1. The normalized spacial score (nSPS) is 20.7. The lowest BCUT2D eigenvalue weighted by atomic mass is 9.85. The Morgan fingerprint density at radius 3 is 2.62 bits per heavy atom. The summed E-state index contributed by atoms with van der Waals surface area (Å²) < 4.78 is 5.27. The molecule has 1 aromatic rings. The highest BCUT2D eigenvalue weighted by molar-refractivity contribution is 7.17. The topological polar surface area (TPSA) is 55.4 Å². The van der Waals surface area contributed by atoms with E-state index < -0.39 is 0 Å². The van der Waals surface area contributed by atoms with Crippen LogP contribution in [0.5, 0.6) is 0 Å². The highest BCUT2D eigenvalue weighted by Gasteiger charge is 2.31. The van der Waals surface area contributed by atoms with Crippen LogP contribution in [0.3, 0.4) is 0 Å². The van der Waals surface area contributed by atoms with Gasteiger partial charge in [-0.1, -0.05) is 26.2 Å². The number of hydrogen-bond acceptors (Lipinski definition) is 4. The van der Waals surface area contributed by atoms with E-state index in [2.05, 4.69) is 12.2 Å². The maximum Gasteiger partial charge on any atom is 0.341 e. The Morgan fingerprint density at radius 1 is 1.21 bits per heavy atom. The molecule has 1 unspecified atom stereocenters. The van der Waals surface area contributed by atoms with E-state index in [1.165, 1.54) is 4.88 Å².